The second-order valence-electron chi connectivity index (χ2n) is 3.48. The highest BCUT2D eigenvalue weighted by atomic mass is 16.1. The molecule has 6 heteroatoms. The lowest BCUT2D eigenvalue weighted by molar-refractivity contribution is -0.121. The van der Waals surface area contributed by atoms with Gasteiger partial charge in [-0.25, -0.2) is 0 Å². The zero-order valence-corrected chi connectivity index (χ0v) is 7.79. The minimum atomic E-state index is 0.0717. The van der Waals surface area contributed by atoms with Gasteiger partial charge in [0.2, 0.25) is 11.9 Å². The normalized spacial score (nSPS) is 15.4. The van der Waals surface area contributed by atoms with Crippen LogP contribution in [0.3, 0.4) is 0 Å². The maximum atomic E-state index is 11.3. The van der Waals surface area contributed by atoms with E-state index < -0.39 is 0 Å². The van der Waals surface area contributed by atoms with Crippen LogP contribution in [0.15, 0.2) is 0 Å². The van der Waals surface area contributed by atoms with Crippen molar-refractivity contribution in [2.45, 2.75) is 31.7 Å². The molecule has 0 atom stereocenters. The summed E-state index contributed by atoms with van der Waals surface area (Å²) in [6.07, 6.45) is 3.22. The summed E-state index contributed by atoms with van der Waals surface area (Å²) in [5.41, 5.74) is 5.32. The average molecular weight is 195 g/mol. The summed E-state index contributed by atoms with van der Waals surface area (Å²) < 4.78 is 0. The lowest BCUT2D eigenvalue weighted by atomic mass is 10.3. The summed E-state index contributed by atoms with van der Waals surface area (Å²) >= 11 is 0. The third-order valence-electron chi connectivity index (χ3n) is 2.08. The Morgan fingerprint density at radius 2 is 2.43 bits per heavy atom. The van der Waals surface area contributed by atoms with Crippen LogP contribution in [0, 0.1) is 0 Å². The largest absolute Gasteiger partial charge is 0.367 e. The van der Waals surface area contributed by atoms with Crippen LogP contribution in [-0.2, 0) is 11.2 Å². The molecule has 14 heavy (non-hydrogen) atoms. The SMILES string of the molecule is Nc1n[nH]c(CCC(=O)NC2CC2)n1. The maximum Gasteiger partial charge on any atom is 0.239 e. The molecule has 1 fully saturated rings. The van der Waals surface area contributed by atoms with Crippen molar-refractivity contribution in [2.24, 2.45) is 0 Å². The predicted molar refractivity (Wildman–Crippen MR) is 50.3 cm³/mol. The molecular formula is C8H13N5O. The monoisotopic (exact) mass is 195 g/mol. The number of carbonyl (C=O) groups excluding carboxylic acids is 1. The first-order valence-corrected chi connectivity index (χ1v) is 4.70. The number of aromatic nitrogens is 3. The molecule has 1 aliphatic carbocycles. The van der Waals surface area contributed by atoms with Crippen molar-refractivity contribution in [2.75, 3.05) is 5.73 Å². The summed E-state index contributed by atoms with van der Waals surface area (Å²) in [7, 11) is 0. The van der Waals surface area contributed by atoms with Gasteiger partial charge in [0.05, 0.1) is 0 Å². The van der Waals surface area contributed by atoms with Gasteiger partial charge in [-0.3, -0.25) is 9.89 Å². The summed E-state index contributed by atoms with van der Waals surface area (Å²) in [5, 5.41) is 9.24. The Morgan fingerprint density at radius 3 is 3.00 bits per heavy atom. The standard InChI is InChI=1S/C8H13N5O/c9-8-11-6(12-13-8)3-4-7(14)10-5-1-2-5/h5H,1-4H2,(H,10,14)(H3,9,11,12,13). The second-order valence-corrected chi connectivity index (χ2v) is 3.48. The summed E-state index contributed by atoms with van der Waals surface area (Å²) in [5.74, 6) is 0.957. The molecule has 0 unspecified atom stereocenters. The Kier molecular flexibility index (Phi) is 2.34. The molecule has 0 aromatic carbocycles. The Morgan fingerprint density at radius 1 is 1.64 bits per heavy atom. The fraction of sp³-hybridized carbons (Fsp3) is 0.625. The van der Waals surface area contributed by atoms with E-state index in [1.807, 2.05) is 0 Å². The first kappa shape index (κ1) is 8.98. The number of carbonyl (C=O) groups is 1. The molecule has 2 rings (SSSR count). The summed E-state index contributed by atoms with van der Waals surface area (Å²) in [6.45, 7) is 0. The fourth-order valence-electron chi connectivity index (χ4n) is 1.18. The number of hydrogen-bond acceptors (Lipinski definition) is 4. The van der Waals surface area contributed by atoms with Crippen molar-refractivity contribution in [3.8, 4) is 0 Å². The lowest BCUT2D eigenvalue weighted by Gasteiger charge is -2.00. The van der Waals surface area contributed by atoms with Gasteiger partial charge in [0, 0.05) is 18.9 Å². The van der Waals surface area contributed by atoms with Gasteiger partial charge in [0.1, 0.15) is 5.82 Å². The van der Waals surface area contributed by atoms with E-state index in [9.17, 15) is 4.79 Å². The van der Waals surface area contributed by atoms with Gasteiger partial charge < -0.3 is 11.1 Å². The molecule has 1 heterocycles. The topological polar surface area (TPSA) is 96.7 Å². The van der Waals surface area contributed by atoms with Gasteiger partial charge in [-0.05, 0) is 12.8 Å². The van der Waals surface area contributed by atoms with Crippen LogP contribution in [0.2, 0.25) is 0 Å². The van der Waals surface area contributed by atoms with Crippen LogP contribution in [0.5, 0.6) is 0 Å². The van der Waals surface area contributed by atoms with Crippen LogP contribution in [-0.4, -0.2) is 27.1 Å². The van der Waals surface area contributed by atoms with E-state index in [2.05, 4.69) is 20.5 Å². The molecule has 0 spiro atoms. The van der Waals surface area contributed by atoms with Gasteiger partial charge in [-0.1, -0.05) is 0 Å². The minimum absolute atomic E-state index is 0.0717. The molecule has 1 aromatic heterocycles. The van der Waals surface area contributed by atoms with Crippen molar-refractivity contribution >= 4 is 11.9 Å². The molecule has 0 saturated heterocycles. The van der Waals surface area contributed by atoms with E-state index in [1.54, 1.807) is 0 Å². The highest BCUT2D eigenvalue weighted by Gasteiger charge is 2.22. The number of nitrogen functional groups attached to an aromatic ring is 1. The zero-order chi connectivity index (χ0) is 9.97. The van der Waals surface area contributed by atoms with Crippen molar-refractivity contribution < 1.29 is 4.79 Å². The lowest BCUT2D eigenvalue weighted by Crippen LogP contribution is -2.25. The van der Waals surface area contributed by atoms with Crippen molar-refractivity contribution in [3.05, 3.63) is 5.82 Å². The average Bonchev–Trinajstić information content (AvgIpc) is 2.85. The van der Waals surface area contributed by atoms with Crippen molar-refractivity contribution in [1.29, 1.82) is 0 Å². The third-order valence-corrected chi connectivity index (χ3v) is 2.08. The van der Waals surface area contributed by atoms with E-state index in [-0.39, 0.29) is 11.9 Å². The number of anilines is 1. The van der Waals surface area contributed by atoms with E-state index in [1.165, 1.54) is 0 Å². The number of amides is 1. The molecule has 76 valence electrons. The summed E-state index contributed by atoms with van der Waals surface area (Å²) in [6, 6.07) is 0.419. The minimum Gasteiger partial charge on any atom is -0.367 e. The number of nitrogens with one attached hydrogen (secondary N) is 2. The van der Waals surface area contributed by atoms with Crippen molar-refractivity contribution in [1.82, 2.24) is 20.5 Å². The highest BCUT2D eigenvalue weighted by Crippen LogP contribution is 2.18. The molecule has 1 saturated carbocycles. The van der Waals surface area contributed by atoms with Gasteiger partial charge in [-0.15, -0.1) is 5.10 Å². The number of nitrogens with two attached hydrogens (primary N) is 1. The van der Waals surface area contributed by atoms with E-state index >= 15 is 0 Å². The van der Waals surface area contributed by atoms with Crippen LogP contribution in [0.4, 0.5) is 5.95 Å². The molecule has 0 aliphatic heterocycles. The molecule has 1 aliphatic rings. The molecular weight excluding hydrogens is 182 g/mol. The molecule has 1 amide bonds. The van der Waals surface area contributed by atoms with Crippen LogP contribution in [0.1, 0.15) is 25.1 Å². The fourth-order valence-corrected chi connectivity index (χ4v) is 1.18. The number of nitrogens with zero attached hydrogens (tertiary/aromatic N) is 2. The Bertz CT molecular complexity index is 330. The van der Waals surface area contributed by atoms with Gasteiger partial charge in [-0.2, -0.15) is 4.98 Å². The van der Waals surface area contributed by atoms with Gasteiger partial charge >= 0.3 is 0 Å². The van der Waals surface area contributed by atoms with Crippen LogP contribution < -0.4 is 11.1 Å². The number of aryl methyl sites for hydroxylation is 1. The number of rotatable bonds is 4. The quantitative estimate of drug-likeness (QED) is 0.609. The van der Waals surface area contributed by atoms with E-state index in [0.29, 0.717) is 24.7 Å². The molecule has 1 aromatic rings. The number of H-pyrrole nitrogens is 1. The first-order valence-electron chi connectivity index (χ1n) is 4.70. The van der Waals surface area contributed by atoms with Crippen molar-refractivity contribution in [3.63, 3.8) is 0 Å². The van der Waals surface area contributed by atoms with E-state index in [4.69, 9.17) is 5.73 Å². The first-order chi connectivity index (χ1) is 6.74. The molecule has 0 bridgehead atoms. The second kappa shape index (κ2) is 3.65. The number of aromatic amines is 1. The number of hydrogen-bond donors (Lipinski definition) is 3. The molecule has 0 radical (unpaired) electrons. The highest BCUT2D eigenvalue weighted by molar-refractivity contribution is 5.76. The van der Waals surface area contributed by atoms with Crippen LogP contribution in [0.25, 0.3) is 0 Å². The smallest absolute Gasteiger partial charge is 0.239 e. The van der Waals surface area contributed by atoms with Crippen LogP contribution >= 0.6 is 0 Å². The Labute approximate surface area is 81.3 Å². The predicted octanol–water partition coefficient (Wildman–Crippen LogP) is -0.402. The van der Waals surface area contributed by atoms with Gasteiger partial charge in [0.25, 0.3) is 0 Å². The maximum absolute atomic E-state index is 11.3. The molecule has 4 N–H and O–H groups in total. The van der Waals surface area contributed by atoms with E-state index in [0.717, 1.165) is 12.8 Å². The third kappa shape index (κ3) is 2.45. The zero-order valence-electron chi connectivity index (χ0n) is 7.79. The molecule has 6 nitrogen and oxygen atoms in total. The Balaban J connectivity index is 1.73. The Hall–Kier alpha value is -1.59. The summed E-state index contributed by atoms with van der Waals surface area (Å²) in [4.78, 5) is 15.2. The van der Waals surface area contributed by atoms with Gasteiger partial charge in [0.15, 0.2) is 0 Å².